The van der Waals surface area contributed by atoms with Crippen LogP contribution in [0, 0.1) is 5.82 Å². The molecule has 1 aromatic carbocycles. The van der Waals surface area contributed by atoms with E-state index in [1.807, 2.05) is 5.43 Å². The van der Waals surface area contributed by atoms with Crippen molar-refractivity contribution in [3.05, 3.63) is 35.1 Å². The fourth-order valence-corrected chi connectivity index (χ4v) is 1.43. The molecular formula is C12H15F2N3O2. The lowest BCUT2D eigenvalue weighted by atomic mass is 10.1. The van der Waals surface area contributed by atoms with Crippen molar-refractivity contribution in [2.75, 3.05) is 0 Å². The molecule has 2 amide bonds. The summed E-state index contributed by atoms with van der Waals surface area (Å²) in [5.74, 6) is 3.48. The van der Waals surface area contributed by atoms with Crippen molar-refractivity contribution in [2.24, 2.45) is 5.84 Å². The lowest BCUT2D eigenvalue weighted by Crippen LogP contribution is -2.31. The van der Waals surface area contributed by atoms with Crippen LogP contribution in [0.15, 0.2) is 18.2 Å². The molecule has 0 aromatic heterocycles. The quantitative estimate of drug-likeness (QED) is 0.404. The number of nitrogens with one attached hydrogen (secondary N) is 2. The third-order valence-corrected chi connectivity index (χ3v) is 2.48. The van der Waals surface area contributed by atoms with Crippen LogP contribution in [0.1, 0.15) is 24.0 Å². The van der Waals surface area contributed by atoms with E-state index < -0.39 is 18.4 Å². The van der Waals surface area contributed by atoms with E-state index in [0.29, 0.717) is 5.56 Å². The van der Waals surface area contributed by atoms with E-state index in [9.17, 15) is 18.4 Å². The highest BCUT2D eigenvalue weighted by atomic mass is 19.1. The number of amides is 2. The third-order valence-electron chi connectivity index (χ3n) is 2.48. The van der Waals surface area contributed by atoms with E-state index >= 15 is 0 Å². The number of halogens is 2. The van der Waals surface area contributed by atoms with Crippen molar-refractivity contribution >= 4 is 11.8 Å². The summed E-state index contributed by atoms with van der Waals surface area (Å²) in [6.45, 7) is -0.749. The fraction of sp³-hybridized carbons (Fsp3) is 0.333. The average Bonchev–Trinajstić information content (AvgIpc) is 2.43. The highest BCUT2D eigenvalue weighted by molar-refractivity contribution is 5.83. The molecule has 1 rings (SSSR count). The Balaban J connectivity index is 2.44. The van der Waals surface area contributed by atoms with Crippen LogP contribution in [0.2, 0.25) is 0 Å². The van der Waals surface area contributed by atoms with Gasteiger partial charge in [-0.1, -0.05) is 6.07 Å². The second-order valence-corrected chi connectivity index (χ2v) is 3.90. The molecule has 7 heteroatoms. The van der Waals surface area contributed by atoms with Crippen molar-refractivity contribution in [3.8, 4) is 0 Å². The van der Waals surface area contributed by atoms with E-state index in [1.54, 1.807) is 0 Å². The second-order valence-electron chi connectivity index (χ2n) is 3.90. The van der Waals surface area contributed by atoms with Gasteiger partial charge in [-0.25, -0.2) is 14.6 Å². The Labute approximate surface area is 109 Å². The molecule has 4 N–H and O–H groups in total. The summed E-state index contributed by atoms with van der Waals surface area (Å²) in [5.41, 5.74) is 2.45. The van der Waals surface area contributed by atoms with Crippen LogP contribution in [0.4, 0.5) is 8.78 Å². The minimum Gasteiger partial charge on any atom is -0.352 e. The fourth-order valence-electron chi connectivity index (χ4n) is 1.43. The maximum absolute atomic E-state index is 13.0. The van der Waals surface area contributed by atoms with E-state index in [1.165, 1.54) is 12.1 Å². The Morgan fingerprint density at radius 1 is 1.21 bits per heavy atom. The highest BCUT2D eigenvalue weighted by Crippen LogP contribution is 2.11. The van der Waals surface area contributed by atoms with Crippen LogP contribution in [0.25, 0.3) is 0 Å². The zero-order valence-electron chi connectivity index (χ0n) is 10.2. The van der Waals surface area contributed by atoms with Crippen LogP contribution in [-0.4, -0.2) is 11.8 Å². The average molecular weight is 271 g/mol. The van der Waals surface area contributed by atoms with Crippen molar-refractivity contribution in [3.63, 3.8) is 0 Å². The number of benzene rings is 1. The first kappa shape index (κ1) is 15.0. The normalized spacial score (nSPS) is 10.1. The Morgan fingerprint density at radius 3 is 2.53 bits per heavy atom. The molecule has 0 bridgehead atoms. The molecule has 0 fully saturated rings. The zero-order chi connectivity index (χ0) is 14.3. The number of carbonyl (C=O) groups is 2. The lowest BCUT2D eigenvalue weighted by molar-refractivity contribution is -0.126. The SMILES string of the molecule is NNC(=O)CCC(=O)NCc1ccc(F)c(CF)c1. The number of hydrogen-bond acceptors (Lipinski definition) is 3. The van der Waals surface area contributed by atoms with E-state index in [4.69, 9.17) is 5.84 Å². The van der Waals surface area contributed by atoms with Crippen LogP contribution >= 0.6 is 0 Å². The lowest BCUT2D eigenvalue weighted by Gasteiger charge is -2.06. The first-order chi connectivity index (χ1) is 9.06. The van der Waals surface area contributed by atoms with Gasteiger partial charge in [0.05, 0.1) is 0 Å². The predicted octanol–water partition coefficient (Wildman–Crippen LogP) is 0.681. The maximum Gasteiger partial charge on any atom is 0.234 e. The second kappa shape index (κ2) is 7.42. The zero-order valence-corrected chi connectivity index (χ0v) is 10.2. The predicted molar refractivity (Wildman–Crippen MR) is 64.6 cm³/mol. The molecule has 104 valence electrons. The molecule has 0 aliphatic carbocycles. The maximum atomic E-state index is 13.0. The molecule has 0 unspecified atom stereocenters. The van der Waals surface area contributed by atoms with Crippen LogP contribution in [0.5, 0.6) is 0 Å². The number of hydrazine groups is 1. The summed E-state index contributed by atoms with van der Waals surface area (Å²) in [6, 6.07) is 3.96. The molecule has 0 atom stereocenters. The number of rotatable bonds is 6. The van der Waals surface area contributed by atoms with Gasteiger partial charge in [0.2, 0.25) is 11.8 Å². The van der Waals surface area contributed by atoms with E-state index in [-0.39, 0.29) is 30.9 Å². The Bertz CT molecular complexity index is 466. The van der Waals surface area contributed by atoms with Gasteiger partial charge in [0, 0.05) is 24.9 Å². The molecular weight excluding hydrogens is 256 g/mol. The molecule has 0 heterocycles. The molecule has 0 radical (unpaired) electrons. The molecule has 0 aliphatic rings. The number of nitrogens with two attached hydrogens (primary N) is 1. The van der Waals surface area contributed by atoms with Gasteiger partial charge in [0.25, 0.3) is 0 Å². The molecule has 0 saturated heterocycles. The van der Waals surface area contributed by atoms with Gasteiger partial charge < -0.3 is 5.32 Å². The summed E-state index contributed by atoms with van der Waals surface area (Å²) in [5, 5.41) is 2.54. The minimum atomic E-state index is -0.899. The van der Waals surface area contributed by atoms with Gasteiger partial charge in [-0.3, -0.25) is 15.0 Å². The standard InChI is InChI=1S/C12H15F2N3O2/c13-6-9-5-8(1-2-10(9)14)7-16-11(18)3-4-12(19)17-15/h1-2,5H,3-4,6-7,15H2,(H,16,18)(H,17,19). The Hall–Kier alpha value is -2.02. The first-order valence-electron chi connectivity index (χ1n) is 5.66. The first-order valence-corrected chi connectivity index (χ1v) is 5.66. The van der Waals surface area contributed by atoms with Gasteiger partial charge in [-0.15, -0.1) is 0 Å². The summed E-state index contributed by atoms with van der Waals surface area (Å²) >= 11 is 0. The molecule has 0 spiro atoms. The third kappa shape index (κ3) is 5.01. The summed E-state index contributed by atoms with van der Waals surface area (Å²) in [4.78, 5) is 22.2. The van der Waals surface area contributed by atoms with Crippen molar-refractivity contribution in [1.82, 2.24) is 10.7 Å². The number of hydrogen-bond donors (Lipinski definition) is 3. The number of alkyl halides is 1. The van der Waals surface area contributed by atoms with Gasteiger partial charge in [-0.2, -0.15) is 0 Å². The van der Waals surface area contributed by atoms with Crippen molar-refractivity contribution < 1.29 is 18.4 Å². The minimum absolute atomic E-state index is 0.000195. The van der Waals surface area contributed by atoms with Crippen LogP contribution in [-0.2, 0) is 22.8 Å². The molecule has 19 heavy (non-hydrogen) atoms. The summed E-state index contributed by atoms with van der Waals surface area (Å²) in [7, 11) is 0. The number of carbonyl (C=O) groups excluding carboxylic acids is 2. The van der Waals surface area contributed by atoms with E-state index in [0.717, 1.165) is 6.07 Å². The van der Waals surface area contributed by atoms with Gasteiger partial charge in [-0.05, 0) is 17.7 Å². The van der Waals surface area contributed by atoms with Gasteiger partial charge >= 0.3 is 0 Å². The largest absolute Gasteiger partial charge is 0.352 e. The topological polar surface area (TPSA) is 84.2 Å². The Morgan fingerprint density at radius 2 is 1.89 bits per heavy atom. The van der Waals surface area contributed by atoms with Gasteiger partial charge in [0.1, 0.15) is 12.5 Å². The molecule has 1 aromatic rings. The molecule has 0 aliphatic heterocycles. The molecule has 0 saturated carbocycles. The van der Waals surface area contributed by atoms with Crippen LogP contribution in [0.3, 0.4) is 0 Å². The van der Waals surface area contributed by atoms with Crippen molar-refractivity contribution in [1.29, 1.82) is 0 Å². The highest BCUT2D eigenvalue weighted by Gasteiger charge is 2.07. The summed E-state index contributed by atoms with van der Waals surface area (Å²) < 4.78 is 25.5. The smallest absolute Gasteiger partial charge is 0.234 e. The Kier molecular flexibility index (Phi) is 5.87. The monoisotopic (exact) mass is 271 g/mol. The van der Waals surface area contributed by atoms with Crippen molar-refractivity contribution in [2.45, 2.75) is 26.1 Å². The van der Waals surface area contributed by atoms with E-state index in [2.05, 4.69) is 5.32 Å². The van der Waals surface area contributed by atoms with Crippen LogP contribution < -0.4 is 16.6 Å². The summed E-state index contributed by atoms with van der Waals surface area (Å²) in [6.07, 6.45) is -0.0122. The van der Waals surface area contributed by atoms with Gasteiger partial charge in [0.15, 0.2) is 0 Å². The molecule has 5 nitrogen and oxygen atoms in total.